The van der Waals surface area contributed by atoms with E-state index in [0.29, 0.717) is 5.56 Å². The van der Waals surface area contributed by atoms with Crippen molar-refractivity contribution in [1.29, 1.82) is 0 Å². The van der Waals surface area contributed by atoms with Crippen LogP contribution < -0.4 is 0 Å². The number of rotatable bonds is 7. The molecule has 3 aromatic carbocycles. The number of carbonyl (C=O) groups is 2. The summed E-state index contributed by atoms with van der Waals surface area (Å²) in [5.74, 6) is -5.28. The van der Waals surface area contributed by atoms with Gasteiger partial charge >= 0.3 is 0 Å². The molecule has 0 radical (unpaired) electrons. The Morgan fingerprint density at radius 1 is 0.789 bits per heavy atom. The summed E-state index contributed by atoms with van der Waals surface area (Å²) in [4.78, 5) is 28.9. The molecular formula is C31H27F4NO2. The van der Waals surface area contributed by atoms with E-state index in [-0.39, 0.29) is 46.7 Å². The number of hydrogen-bond acceptors (Lipinski definition) is 3. The van der Waals surface area contributed by atoms with Gasteiger partial charge in [-0.2, -0.15) is 0 Å². The van der Waals surface area contributed by atoms with Crippen LogP contribution in [0.2, 0.25) is 0 Å². The summed E-state index contributed by atoms with van der Waals surface area (Å²) in [6.45, 7) is 0.869. The second-order valence-electron chi connectivity index (χ2n) is 9.73. The molecule has 4 rings (SSSR count). The van der Waals surface area contributed by atoms with Crippen molar-refractivity contribution >= 4 is 23.7 Å². The number of likely N-dealkylation sites (N-methyl/N-ethyl adjacent to an activating group) is 1. The number of ketones is 2. The average molecular weight is 522 g/mol. The van der Waals surface area contributed by atoms with Crippen LogP contribution in [-0.2, 0) is 11.2 Å². The van der Waals surface area contributed by atoms with Gasteiger partial charge < -0.3 is 4.90 Å². The monoisotopic (exact) mass is 521 g/mol. The molecule has 0 bridgehead atoms. The number of benzene rings is 3. The minimum Gasteiger partial charge on any atom is -0.309 e. The molecule has 3 nitrogen and oxygen atoms in total. The number of Topliss-reactive ketones (excluding diaryl/α,β-unsaturated/α-hetero) is 2. The van der Waals surface area contributed by atoms with Gasteiger partial charge in [0, 0.05) is 29.2 Å². The first-order valence-corrected chi connectivity index (χ1v) is 12.2. The smallest absolute Gasteiger partial charge is 0.185 e. The van der Waals surface area contributed by atoms with Gasteiger partial charge in [0.1, 0.15) is 0 Å². The van der Waals surface area contributed by atoms with Gasteiger partial charge in [-0.3, -0.25) is 9.59 Å². The Morgan fingerprint density at radius 3 is 1.74 bits per heavy atom. The second kappa shape index (κ2) is 11.7. The summed E-state index contributed by atoms with van der Waals surface area (Å²) >= 11 is 0. The van der Waals surface area contributed by atoms with Crippen molar-refractivity contribution in [1.82, 2.24) is 4.90 Å². The SMILES string of the molecule is CN(C)CCc1ccc(C(=O)C2C/C(=C\c3ccc(F)c(F)c3)C(=O)/C(=C/c3ccc(F)c(F)c3)C2)cc1. The predicted molar refractivity (Wildman–Crippen MR) is 139 cm³/mol. The van der Waals surface area contributed by atoms with Crippen molar-refractivity contribution in [3.8, 4) is 0 Å². The third kappa shape index (κ3) is 6.53. The fourth-order valence-electron chi connectivity index (χ4n) is 4.46. The maximum atomic E-state index is 13.8. The van der Waals surface area contributed by atoms with Crippen molar-refractivity contribution in [3.63, 3.8) is 0 Å². The molecule has 0 amide bonds. The maximum absolute atomic E-state index is 13.8. The van der Waals surface area contributed by atoms with E-state index in [1.165, 1.54) is 24.3 Å². The molecule has 38 heavy (non-hydrogen) atoms. The zero-order valence-electron chi connectivity index (χ0n) is 21.1. The fourth-order valence-corrected chi connectivity index (χ4v) is 4.46. The summed E-state index contributed by atoms with van der Waals surface area (Å²) < 4.78 is 54.4. The second-order valence-corrected chi connectivity index (χ2v) is 9.73. The first-order chi connectivity index (χ1) is 18.1. The molecule has 7 heteroatoms. The van der Waals surface area contributed by atoms with Crippen LogP contribution in [0.15, 0.2) is 71.8 Å². The number of nitrogens with zero attached hydrogens (tertiary/aromatic N) is 1. The molecule has 196 valence electrons. The fraction of sp³-hybridized carbons (Fsp3) is 0.226. The number of carbonyl (C=O) groups excluding carboxylic acids is 2. The van der Waals surface area contributed by atoms with Crippen LogP contribution in [0, 0.1) is 29.2 Å². The van der Waals surface area contributed by atoms with Gasteiger partial charge in [-0.05, 0) is 86.5 Å². The summed E-state index contributed by atoms with van der Waals surface area (Å²) in [6.07, 6.45) is 3.92. The molecule has 0 N–H and O–H groups in total. The molecule has 3 aromatic rings. The number of hydrogen-bond donors (Lipinski definition) is 0. The molecule has 1 aliphatic rings. The minimum absolute atomic E-state index is 0.105. The summed E-state index contributed by atoms with van der Waals surface area (Å²) in [7, 11) is 3.97. The largest absolute Gasteiger partial charge is 0.309 e. The summed E-state index contributed by atoms with van der Waals surface area (Å²) in [6, 6.07) is 13.9. The van der Waals surface area contributed by atoms with Gasteiger partial charge in [-0.1, -0.05) is 36.4 Å². The Kier molecular flexibility index (Phi) is 8.37. The van der Waals surface area contributed by atoms with E-state index in [1.54, 1.807) is 12.1 Å². The van der Waals surface area contributed by atoms with Gasteiger partial charge in [0.15, 0.2) is 34.8 Å². The Hall–Kier alpha value is -3.84. The Morgan fingerprint density at radius 2 is 1.29 bits per heavy atom. The summed E-state index contributed by atoms with van der Waals surface area (Å²) in [5.41, 5.74) is 2.63. The first-order valence-electron chi connectivity index (χ1n) is 12.2. The molecule has 0 aromatic heterocycles. The molecule has 0 aliphatic heterocycles. The van der Waals surface area contributed by atoms with Gasteiger partial charge in [-0.15, -0.1) is 0 Å². The molecule has 1 fully saturated rings. The van der Waals surface area contributed by atoms with E-state index >= 15 is 0 Å². The predicted octanol–water partition coefficient (Wildman–Crippen LogP) is 6.68. The lowest BCUT2D eigenvalue weighted by molar-refractivity contribution is -0.113. The molecule has 1 saturated carbocycles. The topological polar surface area (TPSA) is 37.4 Å². The van der Waals surface area contributed by atoms with Gasteiger partial charge in [0.05, 0.1) is 0 Å². The molecule has 0 heterocycles. The lowest BCUT2D eigenvalue weighted by Crippen LogP contribution is -2.26. The van der Waals surface area contributed by atoms with Crippen LogP contribution in [0.4, 0.5) is 17.6 Å². The third-order valence-corrected chi connectivity index (χ3v) is 6.54. The number of allylic oxidation sites excluding steroid dienone is 2. The van der Waals surface area contributed by atoms with Gasteiger partial charge in [0.25, 0.3) is 0 Å². The first kappa shape index (κ1) is 27.2. The lowest BCUT2D eigenvalue weighted by Gasteiger charge is -2.25. The van der Waals surface area contributed by atoms with Crippen LogP contribution >= 0.6 is 0 Å². The van der Waals surface area contributed by atoms with Gasteiger partial charge in [-0.25, -0.2) is 17.6 Å². The van der Waals surface area contributed by atoms with Crippen LogP contribution in [0.25, 0.3) is 12.2 Å². The van der Waals surface area contributed by atoms with Crippen molar-refractivity contribution < 1.29 is 27.2 Å². The Bertz CT molecular complexity index is 1350. The van der Waals surface area contributed by atoms with E-state index in [0.717, 1.165) is 42.8 Å². The van der Waals surface area contributed by atoms with E-state index in [1.807, 2.05) is 26.2 Å². The lowest BCUT2D eigenvalue weighted by atomic mass is 9.76. The number of halogens is 4. The zero-order valence-corrected chi connectivity index (χ0v) is 21.1. The summed E-state index contributed by atoms with van der Waals surface area (Å²) in [5, 5.41) is 0. The van der Waals surface area contributed by atoms with Crippen molar-refractivity contribution in [2.45, 2.75) is 19.3 Å². The van der Waals surface area contributed by atoms with E-state index in [2.05, 4.69) is 4.90 Å². The van der Waals surface area contributed by atoms with Crippen molar-refractivity contribution in [2.75, 3.05) is 20.6 Å². The standard InChI is InChI=1S/C31H27F4NO2/c1-36(2)12-11-19-3-7-22(8-4-19)30(37)25-17-23(13-20-5-9-26(32)28(34)15-20)31(38)24(18-25)14-21-6-10-27(33)29(35)16-21/h3-10,13-16,25H,11-12,17-18H2,1-2H3/b23-13+,24-14+. The van der Waals surface area contributed by atoms with Crippen molar-refractivity contribution in [3.05, 3.63) is 117 Å². The highest BCUT2D eigenvalue weighted by molar-refractivity contribution is 6.15. The van der Waals surface area contributed by atoms with Crippen molar-refractivity contribution in [2.24, 2.45) is 5.92 Å². The maximum Gasteiger partial charge on any atom is 0.185 e. The minimum atomic E-state index is -1.05. The molecular weight excluding hydrogens is 494 g/mol. The van der Waals surface area contributed by atoms with E-state index in [9.17, 15) is 27.2 Å². The van der Waals surface area contributed by atoms with Crippen LogP contribution in [0.3, 0.4) is 0 Å². The zero-order chi connectivity index (χ0) is 27.4. The van der Waals surface area contributed by atoms with E-state index in [4.69, 9.17) is 0 Å². The highest BCUT2D eigenvalue weighted by atomic mass is 19.2. The Labute approximate surface area is 219 Å². The molecule has 0 atom stereocenters. The van der Waals surface area contributed by atoms with E-state index < -0.39 is 29.2 Å². The van der Waals surface area contributed by atoms with Crippen LogP contribution in [0.1, 0.15) is 39.9 Å². The molecule has 1 aliphatic carbocycles. The van der Waals surface area contributed by atoms with Gasteiger partial charge in [0.2, 0.25) is 0 Å². The van der Waals surface area contributed by atoms with Crippen LogP contribution in [0.5, 0.6) is 0 Å². The Balaban J connectivity index is 1.67. The molecule has 0 unspecified atom stereocenters. The quantitative estimate of drug-likeness (QED) is 0.198. The van der Waals surface area contributed by atoms with Crippen LogP contribution in [-0.4, -0.2) is 37.1 Å². The average Bonchev–Trinajstić information content (AvgIpc) is 2.89. The molecule has 0 saturated heterocycles. The third-order valence-electron chi connectivity index (χ3n) is 6.54. The highest BCUT2D eigenvalue weighted by Crippen LogP contribution is 2.35. The molecule has 0 spiro atoms. The normalized spacial score (nSPS) is 18.0. The highest BCUT2D eigenvalue weighted by Gasteiger charge is 2.32.